The van der Waals surface area contributed by atoms with Crippen molar-refractivity contribution < 1.29 is 9.59 Å². The van der Waals surface area contributed by atoms with E-state index in [1.807, 2.05) is 62.6 Å². The van der Waals surface area contributed by atoms with Gasteiger partial charge in [-0.2, -0.15) is 0 Å². The number of hydrogen-bond acceptors (Lipinski definition) is 5. The Bertz CT molecular complexity index is 754. The minimum absolute atomic E-state index is 0.0353. The quantitative estimate of drug-likeness (QED) is 0.784. The Kier molecular flexibility index (Phi) is 6.42. The molecule has 1 heterocycles. The van der Waals surface area contributed by atoms with Crippen LogP contribution < -0.4 is 10.6 Å². The molecule has 0 aliphatic heterocycles. The molecule has 0 radical (unpaired) electrons. The summed E-state index contributed by atoms with van der Waals surface area (Å²) in [5.41, 5.74) is 0.710. The highest BCUT2D eigenvalue weighted by atomic mass is 32.2. The number of nitrogens with one attached hydrogen (secondary N) is 2. The van der Waals surface area contributed by atoms with Crippen LogP contribution >= 0.6 is 11.8 Å². The Labute approximate surface area is 158 Å². The highest BCUT2D eigenvalue weighted by Crippen LogP contribution is 2.26. The van der Waals surface area contributed by atoms with Gasteiger partial charge in [0.2, 0.25) is 5.91 Å². The van der Waals surface area contributed by atoms with Gasteiger partial charge in [0.25, 0.3) is 0 Å². The van der Waals surface area contributed by atoms with Crippen LogP contribution in [0.15, 0.2) is 41.8 Å². The molecular formula is C18H25N5O2S. The zero-order valence-electron chi connectivity index (χ0n) is 15.7. The number of aromatic nitrogens is 3. The number of benzene rings is 1. The Morgan fingerprint density at radius 2 is 1.81 bits per heavy atom. The fourth-order valence-corrected chi connectivity index (χ4v) is 3.17. The van der Waals surface area contributed by atoms with Crippen molar-refractivity contribution >= 4 is 23.7 Å². The molecule has 140 valence electrons. The van der Waals surface area contributed by atoms with E-state index in [0.29, 0.717) is 5.16 Å². The van der Waals surface area contributed by atoms with Crippen molar-refractivity contribution in [2.24, 2.45) is 0 Å². The van der Waals surface area contributed by atoms with E-state index >= 15 is 0 Å². The number of amides is 3. The van der Waals surface area contributed by atoms with Crippen molar-refractivity contribution in [1.82, 2.24) is 25.4 Å². The van der Waals surface area contributed by atoms with Gasteiger partial charge in [0, 0.05) is 5.54 Å². The molecule has 2 N–H and O–H groups in total. The summed E-state index contributed by atoms with van der Waals surface area (Å²) in [7, 11) is 0. The molecule has 0 saturated carbocycles. The molecule has 0 unspecified atom stereocenters. The van der Waals surface area contributed by atoms with Gasteiger partial charge in [-0.1, -0.05) is 42.1 Å². The monoisotopic (exact) mass is 375 g/mol. The number of carbonyl (C=O) groups excluding carboxylic acids is 2. The fourth-order valence-electron chi connectivity index (χ4n) is 2.27. The van der Waals surface area contributed by atoms with Crippen LogP contribution in [0.3, 0.4) is 0 Å². The molecule has 0 bridgehead atoms. The van der Waals surface area contributed by atoms with Crippen LogP contribution in [0.25, 0.3) is 0 Å². The first kappa shape index (κ1) is 20.0. The lowest BCUT2D eigenvalue weighted by atomic mass is 10.1. The number of rotatable bonds is 5. The molecule has 2 atom stereocenters. The van der Waals surface area contributed by atoms with Crippen molar-refractivity contribution in [2.75, 3.05) is 0 Å². The number of carbonyl (C=O) groups is 2. The SMILES string of the molecule is C[C@H](Sc1nncn1[C@@H](C)c1ccccc1)C(=O)NC(=O)NC(C)(C)C. The average Bonchev–Trinajstić information content (AvgIpc) is 3.01. The Balaban J connectivity index is 2.02. The van der Waals surface area contributed by atoms with E-state index in [4.69, 9.17) is 0 Å². The van der Waals surface area contributed by atoms with Crippen LogP contribution in [-0.4, -0.2) is 37.5 Å². The Morgan fingerprint density at radius 1 is 1.15 bits per heavy atom. The average molecular weight is 375 g/mol. The fraction of sp³-hybridized carbons (Fsp3) is 0.444. The van der Waals surface area contributed by atoms with Crippen molar-refractivity contribution in [3.05, 3.63) is 42.2 Å². The predicted molar refractivity (Wildman–Crippen MR) is 102 cm³/mol. The second-order valence-electron chi connectivity index (χ2n) is 7.06. The molecule has 2 rings (SSSR count). The molecule has 0 spiro atoms. The van der Waals surface area contributed by atoms with Gasteiger partial charge < -0.3 is 9.88 Å². The van der Waals surface area contributed by atoms with Gasteiger partial charge in [-0.05, 0) is 40.2 Å². The second-order valence-corrected chi connectivity index (χ2v) is 8.37. The van der Waals surface area contributed by atoms with Gasteiger partial charge in [0.05, 0.1) is 11.3 Å². The van der Waals surface area contributed by atoms with Crippen LogP contribution in [0.1, 0.15) is 46.2 Å². The Hall–Kier alpha value is -2.35. The van der Waals surface area contributed by atoms with E-state index in [0.717, 1.165) is 5.56 Å². The molecule has 1 aromatic carbocycles. The first-order valence-corrected chi connectivity index (χ1v) is 9.29. The van der Waals surface area contributed by atoms with E-state index in [2.05, 4.69) is 20.8 Å². The summed E-state index contributed by atoms with van der Waals surface area (Å²) in [6.07, 6.45) is 1.65. The lowest BCUT2D eigenvalue weighted by Gasteiger charge is -2.21. The van der Waals surface area contributed by atoms with Crippen LogP contribution in [0, 0.1) is 0 Å². The van der Waals surface area contributed by atoms with Gasteiger partial charge in [-0.3, -0.25) is 10.1 Å². The largest absolute Gasteiger partial charge is 0.333 e. The van der Waals surface area contributed by atoms with Gasteiger partial charge in [0.15, 0.2) is 5.16 Å². The van der Waals surface area contributed by atoms with Crippen LogP contribution in [0.5, 0.6) is 0 Å². The van der Waals surface area contributed by atoms with E-state index < -0.39 is 16.8 Å². The minimum Gasteiger partial charge on any atom is -0.333 e. The standard InChI is InChI=1S/C18H25N5O2S/c1-12(14-9-7-6-8-10-14)23-11-19-22-17(23)26-13(2)15(24)20-16(25)21-18(3,4)5/h6-13H,1-5H3,(H2,20,21,24,25)/t12-,13-/m0/s1. The van der Waals surface area contributed by atoms with E-state index in [1.165, 1.54) is 11.8 Å². The topological polar surface area (TPSA) is 88.9 Å². The van der Waals surface area contributed by atoms with Crippen molar-refractivity contribution in [2.45, 2.75) is 56.6 Å². The normalized spacial score (nSPS) is 13.7. The maximum absolute atomic E-state index is 12.3. The molecule has 0 saturated heterocycles. The summed E-state index contributed by atoms with van der Waals surface area (Å²) in [6, 6.07) is 9.52. The molecular weight excluding hydrogens is 350 g/mol. The smallest absolute Gasteiger partial charge is 0.321 e. The molecule has 8 heteroatoms. The number of urea groups is 1. The van der Waals surface area contributed by atoms with Gasteiger partial charge >= 0.3 is 6.03 Å². The van der Waals surface area contributed by atoms with Crippen molar-refractivity contribution in [3.63, 3.8) is 0 Å². The first-order valence-electron chi connectivity index (χ1n) is 8.41. The third-order valence-corrected chi connectivity index (χ3v) is 4.69. The van der Waals surface area contributed by atoms with E-state index in [-0.39, 0.29) is 11.9 Å². The molecule has 0 aliphatic rings. The predicted octanol–water partition coefficient (Wildman–Crippen LogP) is 2.99. The highest BCUT2D eigenvalue weighted by Gasteiger charge is 2.23. The molecule has 26 heavy (non-hydrogen) atoms. The number of imide groups is 1. The number of nitrogens with zero attached hydrogens (tertiary/aromatic N) is 3. The maximum Gasteiger partial charge on any atom is 0.321 e. The number of thioether (sulfide) groups is 1. The van der Waals surface area contributed by atoms with Crippen molar-refractivity contribution in [3.8, 4) is 0 Å². The van der Waals surface area contributed by atoms with Crippen LogP contribution in [0.4, 0.5) is 4.79 Å². The molecule has 3 amide bonds. The summed E-state index contributed by atoms with van der Waals surface area (Å²) >= 11 is 1.27. The summed E-state index contributed by atoms with van der Waals surface area (Å²) in [5.74, 6) is -0.376. The molecule has 0 fully saturated rings. The zero-order chi connectivity index (χ0) is 19.3. The van der Waals surface area contributed by atoms with Gasteiger partial charge in [0.1, 0.15) is 6.33 Å². The summed E-state index contributed by atoms with van der Waals surface area (Å²) in [6.45, 7) is 9.33. The number of hydrogen-bond donors (Lipinski definition) is 2. The molecule has 7 nitrogen and oxygen atoms in total. The molecule has 0 aliphatic carbocycles. The maximum atomic E-state index is 12.3. The third kappa shape index (κ3) is 5.59. The molecule has 1 aromatic heterocycles. The lowest BCUT2D eigenvalue weighted by molar-refractivity contribution is -0.119. The highest BCUT2D eigenvalue weighted by molar-refractivity contribution is 8.00. The van der Waals surface area contributed by atoms with Gasteiger partial charge in [-0.15, -0.1) is 10.2 Å². The summed E-state index contributed by atoms with van der Waals surface area (Å²) in [4.78, 5) is 24.1. The van der Waals surface area contributed by atoms with Crippen molar-refractivity contribution in [1.29, 1.82) is 0 Å². The minimum atomic E-state index is -0.505. The summed E-state index contributed by atoms with van der Waals surface area (Å²) in [5, 5.41) is 13.3. The molecule has 2 aromatic rings. The third-order valence-electron chi connectivity index (χ3n) is 3.62. The zero-order valence-corrected chi connectivity index (χ0v) is 16.5. The van der Waals surface area contributed by atoms with Crippen LogP contribution in [-0.2, 0) is 4.79 Å². The lowest BCUT2D eigenvalue weighted by Crippen LogP contribution is -2.49. The van der Waals surface area contributed by atoms with E-state index in [9.17, 15) is 9.59 Å². The van der Waals surface area contributed by atoms with Crippen LogP contribution in [0.2, 0.25) is 0 Å². The van der Waals surface area contributed by atoms with E-state index in [1.54, 1.807) is 13.3 Å². The first-order chi connectivity index (χ1) is 12.2. The van der Waals surface area contributed by atoms with Gasteiger partial charge in [-0.25, -0.2) is 4.79 Å². The summed E-state index contributed by atoms with van der Waals surface area (Å²) < 4.78 is 1.92. The Morgan fingerprint density at radius 3 is 2.42 bits per heavy atom. The second kappa shape index (κ2) is 8.35.